The standard InChI is InChI=1S/C20H19ClN4O2S/c1-23(2)20(27)24-11-17(16-6-5-14(21)8-18(16)24)19(26)13-10-25(28-12-13)15-4-3-7-22-9-15/h3-9,11,13H,10,12H2,1-2H3. The van der Waals surface area contributed by atoms with Crippen LogP contribution in [0.5, 0.6) is 0 Å². The molecule has 1 aromatic carbocycles. The number of rotatable bonds is 3. The summed E-state index contributed by atoms with van der Waals surface area (Å²) < 4.78 is 3.59. The molecule has 0 bridgehead atoms. The summed E-state index contributed by atoms with van der Waals surface area (Å²) in [7, 11) is 3.36. The summed E-state index contributed by atoms with van der Waals surface area (Å²) in [5.74, 6) is 0.571. The number of carbonyl (C=O) groups excluding carboxylic acids is 2. The Balaban J connectivity index is 1.67. The van der Waals surface area contributed by atoms with Gasteiger partial charge in [-0.2, -0.15) is 0 Å². The second-order valence-electron chi connectivity index (χ2n) is 6.88. The smallest absolute Gasteiger partial charge is 0.328 e. The Bertz CT molecular complexity index is 1050. The fourth-order valence-corrected chi connectivity index (χ4v) is 4.64. The fraction of sp³-hybridized carbons (Fsp3) is 0.250. The molecule has 0 radical (unpaired) electrons. The van der Waals surface area contributed by atoms with Crippen molar-refractivity contribution in [1.82, 2.24) is 14.5 Å². The lowest BCUT2D eigenvalue weighted by atomic mass is 9.98. The first-order chi connectivity index (χ1) is 13.5. The molecule has 3 heterocycles. The average molecular weight is 415 g/mol. The van der Waals surface area contributed by atoms with Gasteiger partial charge in [0.1, 0.15) is 0 Å². The predicted molar refractivity (Wildman–Crippen MR) is 113 cm³/mol. The Morgan fingerprint density at radius 3 is 2.82 bits per heavy atom. The number of amides is 1. The molecule has 1 saturated heterocycles. The van der Waals surface area contributed by atoms with Crippen LogP contribution >= 0.6 is 23.5 Å². The molecule has 2 aromatic heterocycles. The van der Waals surface area contributed by atoms with Gasteiger partial charge in [0.2, 0.25) is 0 Å². The lowest BCUT2D eigenvalue weighted by Crippen LogP contribution is -2.26. The van der Waals surface area contributed by atoms with E-state index in [1.165, 1.54) is 9.47 Å². The van der Waals surface area contributed by atoms with Crippen molar-refractivity contribution in [2.45, 2.75) is 0 Å². The highest BCUT2D eigenvalue weighted by molar-refractivity contribution is 8.00. The first-order valence-corrected chi connectivity index (χ1v) is 10.1. The van der Waals surface area contributed by atoms with Crippen LogP contribution < -0.4 is 4.31 Å². The maximum atomic E-state index is 13.3. The van der Waals surface area contributed by atoms with Crippen LogP contribution in [-0.4, -0.2) is 52.7 Å². The second-order valence-corrected chi connectivity index (χ2v) is 8.35. The Morgan fingerprint density at radius 2 is 2.11 bits per heavy atom. The zero-order valence-electron chi connectivity index (χ0n) is 15.5. The van der Waals surface area contributed by atoms with Crippen LogP contribution in [0.15, 0.2) is 48.9 Å². The number of hydrogen-bond donors (Lipinski definition) is 0. The molecule has 1 aliphatic rings. The molecule has 144 valence electrons. The molecule has 1 unspecified atom stereocenters. The number of pyridine rings is 1. The van der Waals surface area contributed by atoms with E-state index in [0.717, 1.165) is 11.1 Å². The number of halogens is 1. The van der Waals surface area contributed by atoms with E-state index in [1.54, 1.807) is 56.8 Å². The Morgan fingerprint density at radius 1 is 1.29 bits per heavy atom. The highest BCUT2D eigenvalue weighted by Crippen LogP contribution is 2.34. The minimum Gasteiger partial charge on any atom is -0.330 e. The molecular formula is C20H19ClN4O2S. The van der Waals surface area contributed by atoms with Crippen molar-refractivity contribution >= 4 is 52.0 Å². The minimum absolute atomic E-state index is 0.0384. The first-order valence-electron chi connectivity index (χ1n) is 8.82. The van der Waals surface area contributed by atoms with E-state index >= 15 is 0 Å². The molecule has 1 fully saturated rings. The molecule has 0 N–H and O–H groups in total. The highest BCUT2D eigenvalue weighted by Gasteiger charge is 2.32. The number of hydrogen-bond acceptors (Lipinski definition) is 5. The fourth-order valence-electron chi connectivity index (χ4n) is 3.32. The van der Waals surface area contributed by atoms with Gasteiger partial charge in [0.25, 0.3) is 0 Å². The first kappa shape index (κ1) is 18.8. The largest absolute Gasteiger partial charge is 0.330 e. The number of Topliss-reactive ketones (excluding diaryl/α,β-unsaturated/α-hetero) is 1. The lowest BCUT2D eigenvalue weighted by Gasteiger charge is -2.15. The number of aromatic nitrogens is 2. The van der Waals surface area contributed by atoms with Gasteiger partial charge in [0.15, 0.2) is 5.78 Å². The monoisotopic (exact) mass is 414 g/mol. The van der Waals surface area contributed by atoms with E-state index in [-0.39, 0.29) is 17.7 Å². The van der Waals surface area contributed by atoms with Crippen molar-refractivity contribution < 1.29 is 9.59 Å². The summed E-state index contributed by atoms with van der Waals surface area (Å²) in [6.45, 7) is 0.608. The third kappa shape index (κ3) is 3.36. The van der Waals surface area contributed by atoms with Crippen LogP contribution in [-0.2, 0) is 0 Å². The van der Waals surface area contributed by atoms with Gasteiger partial charge >= 0.3 is 6.03 Å². The van der Waals surface area contributed by atoms with E-state index in [1.807, 2.05) is 18.2 Å². The topological polar surface area (TPSA) is 58.4 Å². The van der Waals surface area contributed by atoms with Crippen molar-refractivity contribution in [1.29, 1.82) is 0 Å². The van der Waals surface area contributed by atoms with Crippen molar-refractivity contribution in [2.75, 3.05) is 30.7 Å². The molecule has 0 spiro atoms. The summed E-state index contributed by atoms with van der Waals surface area (Å²) in [4.78, 5) is 31.5. The summed E-state index contributed by atoms with van der Waals surface area (Å²) in [6, 6.07) is 8.93. The maximum Gasteiger partial charge on any atom is 0.328 e. The van der Waals surface area contributed by atoms with Crippen LogP contribution in [0.25, 0.3) is 10.9 Å². The highest BCUT2D eigenvalue weighted by atomic mass is 35.5. The van der Waals surface area contributed by atoms with Crippen LogP contribution in [0.2, 0.25) is 5.02 Å². The molecule has 28 heavy (non-hydrogen) atoms. The number of anilines is 1. The number of ketones is 1. The van der Waals surface area contributed by atoms with Gasteiger partial charge in [-0.05, 0) is 36.2 Å². The summed E-state index contributed by atoms with van der Waals surface area (Å²) in [5.41, 5.74) is 2.18. The molecule has 1 atom stereocenters. The van der Waals surface area contributed by atoms with Crippen molar-refractivity contribution in [3.63, 3.8) is 0 Å². The summed E-state index contributed by atoms with van der Waals surface area (Å²) in [5, 5.41) is 1.27. The molecule has 1 aliphatic heterocycles. The van der Waals surface area contributed by atoms with Crippen molar-refractivity contribution in [2.24, 2.45) is 5.92 Å². The number of carbonyl (C=O) groups is 2. The van der Waals surface area contributed by atoms with Crippen LogP contribution in [0.4, 0.5) is 10.5 Å². The van der Waals surface area contributed by atoms with E-state index in [4.69, 9.17) is 11.6 Å². The average Bonchev–Trinajstić information content (AvgIpc) is 3.32. The van der Waals surface area contributed by atoms with E-state index < -0.39 is 0 Å². The van der Waals surface area contributed by atoms with Gasteiger partial charge in [-0.1, -0.05) is 17.7 Å². The SMILES string of the molecule is CN(C)C(=O)n1cc(C(=O)C2CSN(c3cccnc3)C2)c2ccc(Cl)cc21. The van der Waals surface area contributed by atoms with Crippen LogP contribution in [0, 0.1) is 5.92 Å². The van der Waals surface area contributed by atoms with E-state index in [2.05, 4.69) is 9.29 Å². The van der Waals surface area contributed by atoms with E-state index in [0.29, 0.717) is 28.4 Å². The summed E-state index contributed by atoms with van der Waals surface area (Å²) >= 11 is 7.76. The number of fused-ring (bicyclic) bond motifs is 1. The predicted octanol–water partition coefficient (Wildman–Crippen LogP) is 4.19. The van der Waals surface area contributed by atoms with E-state index in [9.17, 15) is 9.59 Å². The second kappa shape index (κ2) is 7.48. The maximum absolute atomic E-state index is 13.3. The molecule has 3 aromatic rings. The number of nitrogens with zero attached hydrogens (tertiary/aromatic N) is 4. The summed E-state index contributed by atoms with van der Waals surface area (Å²) in [6.07, 6.45) is 5.17. The molecule has 4 rings (SSSR count). The van der Waals surface area contributed by atoms with Gasteiger partial charge in [-0.15, -0.1) is 0 Å². The van der Waals surface area contributed by atoms with Crippen LogP contribution in [0.3, 0.4) is 0 Å². The van der Waals surface area contributed by atoms with Gasteiger partial charge in [0.05, 0.1) is 23.3 Å². The quantitative estimate of drug-likeness (QED) is 0.475. The molecule has 0 aliphatic carbocycles. The third-order valence-corrected chi connectivity index (χ3v) is 6.20. The minimum atomic E-state index is -0.218. The van der Waals surface area contributed by atoms with Gasteiger partial charge in [0, 0.05) is 54.8 Å². The lowest BCUT2D eigenvalue weighted by molar-refractivity contribution is 0.0942. The molecular weight excluding hydrogens is 396 g/mol. The zero-order valence-corrected chi connectivity index (χ0v) is 17.1. The Kier molecular flexibility index (Phi) is 5.03. The van der Waals surface area contributed by atoms with Crippen LogP contribution in [0.1, 0.15) is 10.4 Å². The Hall–Kier alpha value is -2.51. The number of benzene rings is 1. The molecule has 1 amide bonds. The molecule has 0 saturated carbocycles. The molecule has 6 nitrogen and oxygen atoms in total. The van der Waals surface area contributed by atoms with Gasteiger partial charge in [-0.25, -0.2) is 4.79 Å². The van der Waals surface area contributed by atoms with Gasteiger partial charge < -0.3 is 9.21 Å². The van der Waals surface area contributed by atoms with Crippen molar-refractivity contribution in [3.8, 4) is 0 Å². The normalized spacial score (nSPS) is 16.5. The van der Waals surface area contributed by atoms with Crippen molar-refractivity contribution in [3.05, 3.63) is 59.5 Å². The third-order valence-electron chi connectivity index (χ3n) is 4.74. The Labute approximate surface area is 172 Å². The van der Waals surface area contributed by atoms with Gasteiger partial charge in [-0.3, -0.25) is 14.3 Å². The molecule has 8 heteroatoms. The zero-order chi connectivity index (χ0) is 19.8.